The van der Waals surface area contributed by atoms with E-state index >= 15 is 0 Å². The topological polar surface area (TPSA) is 59.0 Å². The largest absolute Gasteiger partial charge is 0.506 e. The molecule has 0 spiro atoms. The van der Waals surface area contributed by atoms with Crippen LogP contribution in [0.4, 0.5) is 5.69 Å². The van der Waals surface area contributed by atoms with Crippen LogP contribution >= 0.6 is 32.1 Å². The van der Waals surface area contributed by atoms with Crippen molar-refractivity contribution in [2.24, 2.45) is 0 Å². The number of anilines is 1. The maximum absolute atomic E-state index is 12.8. The second-order valence-electron chi connectivity index (χ2n) is 6.38. The monoisotopic (exact) mass is 497 g/mol. The van der Waals surface area contributed by atoms with E-state index < -0.39 is 4.83 Å². The zero-order chi connectivity index (χ0) is 19.2. The van der Waals surface area contributed by atoms with Crippen molar-refractivity contribution in [1.82, 2.24) is 0 Å². The number of para-hydroxylation sites is 2. The smallest absolute Gasteiger partial charge is 0.255 e. The highest BCUT2D eigenvalue weighted by molar-refractivity contribution is 9.10. The molecule has 1 atom stereocenters. The number of ether oxygens (including phenoxy) is 2. The predicted molar refractivity (Wildman–Crippen MR) is 111 cm³/mol. The van der Waals surface area contributed by atoms with E-state index in [2.05, 4.69) is 32.1 Å². The number of nitrogens with zero attached hydrogens (tertiary/aromatic N) is 1. The molecule has 1 aliphatic rings. The minimum atomic E-state index is -0.601. The van der Waals surface area contributed by atoms with Crippen LogP contribution < -0.4 is 8.66 Å². The SMILES string of the molecule is O=C(C(Br)c1cccc(OCOC2CCCC2)c1)N(Br)c1ccccc1O. The molecule has 0 heterocycles. The quantitative estimate of drug-likeness (QED) is 0.312. The Labute approximate surface area is 175 Å². The van der Waals surface area contributed by atoms with Crippen LogP contribution in [0.25, 0.3) is 0 Å². The van der Waals surface area contributed by atoms with E-state index in [1.807, 2.05) is 18.2 Å². The number of amides is 1. The summed E-state index contributed by atoms with van der Waals surface area (Å²) in [5, 5.41) is 9.94. The van der Waals surface area contributed by atoms with Crippen molar-refractivity contribution in [2.75, 3.05) is 10.7 Å². The van der Waals surface area contributed by atoms with Crippen molar-refractivity contribution in [2.45, 2.75) is 36.6 Å². The maximum atomic E-state index is 12.8. The van der Waals surface area contributed by atoms with Crippen molar-refractivity contribution < 1.29 is 19.4 Å². The summed E-state index contributed by atoms with van der Waals surface area (Å²) in [4.78, 5) is 12.1. The molecule has 1 amide bonds. The third kappa shape index (κ3) is 5.24. The molecule has 1 N–H and O–H groups in total. The van der Waals surface area contributed by atoms with Gasteiger partial charge in [0.05, 0.1) is 27.9 Å². The molecular formula is C20H21Br2NO4. The fraction of sp³-hybridized carbons (Fsp3) is 0.350. The Kier molecular flexibility index (Phi) is 7.15. The van der Waals surface area contributed by atoms with Crippen LogP contribution in [0.3, 0.4) is 0 Å². The number of carbonyl (C=O) groups is 1. The molecule has 2 aromatic carbocycles. The van der Waals surface area contributed by atoms with E-state index in [1.165, 1.54) is 22.8 Å². The fourth-order valence-corrected chi connectivity index (χ4v) is 4.28. The molecule has 3 rings (SSSR count). The number of phenolic OH excluding ortho intramolecular Hbond substituents is 1. The van der Waals surface area contributed by atoms with E-state index in [-0.39, 0.29) is 18.4 Å². The van der Waals surface area contributed by atoms with Gasteiger partial charge in [-0.2, -0.15) is 0 Å². The molecule has 0 saturated heterocycles. The molecule has 2 aromatic rings. The van der Waals surface area contributed by atoms with Gasteiger partial charge in [0, 0.05) is 0 Å². The zero-order valence-electron chi connectivity index (χ0n) is 14.7. The molecule has 27 heavy (non-hydrogen) atoms. The highest BCUT2D eigenvalue weighted by Crippen LogP contribution is 2.35. The van der Waals surface area contributed by atoms with Gasteiger partial charge in [-0.1, -0.05) is 53.0 Å². The summed E-state index contributed by atoms with van der Waals surface area (Å²) in [6, 6.07) is 13.9. The van der Waals surface area contributed by atoms with Crippen LogP contribution in [0.15, 0.2) is 48.5 Å². The van der Waals surface area contributed by atoms with Crippen molar-refractivity contribution in [3.8, 4) is 11.5 Å². The highest BCUT2D eigenvalue weighted by Gasteiger charge is 2.25. The minimum Gasteiger partial charge on any atom is -0.506 e. The summed E-state index contributed by atoms with van der Waals surface area (Å²) in [7, 11) is 0. The van der Waals surface area contributed by atoms with Crippen molar-refractivity contribution in [3.63, 3.8) is 0 Å². The second-order valence-corrected chi connectivity index (χ2v) is 8.00. The number of alkyl halides is 1. The zero-order valence-corrected chi connectivity index (χ0v) is 17.9. The van der Waals surface area contributed by atoms with Gasteiger partial charge in [0.15, 0.2) is 6.79 Å². The average molecular weight is 499 g/mol. The fourth-order valence-electron chi connectivity index (χ4n) is 3.01. The first-order valence-corrected chi connectivity index (χ1v) is 10.4. The highest BCUT2D eigenvalue weighted by atomic mass is 79.9. The Morgan fingerprint density at radius 3 is 2.67 bits per heavy atom. The number of rotatable bonds is 7. The second kappa shape index (κ2) is 9.57. The lowest BCUT2D eigenvalue weighted by Gasteiger charge is -2.19. The number of carbonyl (C=O) groups excluding carboxylic acids is 1. The molecule has 1 saturated carbocycles. The van der Waals surface area contributed by atoms with Crippen LogP contribution in [0, 0.1) is 0 Å². The van der Waals surface area contributed by atoms with Crippen LogP contribution in [0.5, 0.6) is 11.5 Å². The molecule has 0 radical (unpaired) electrons. The van der Waals surface area contributed by atoms with Crippen LogP contribution in [0.2, 0.25) is 0 Å². The Hall–Kier alpha value is -1.57. The number of halogens is 2. The molecule has 0 bridgehead atoms. The lowest BCUT2D eigenvalue weighted by atomic mass is 10.1. The van der Waals surface area contributed by atoms with Crippen molar-refractivity contribution in [1.29, 1.82) is 0 Å². The van der Waals surface area contributed by atoms with Crippen LogP contribution in [-0.2, 0) is 9.53 Å². The van der Waals surface area contributed by atoms with Crippen LogP contribution in [-0.4, -0.2) is 23.9 Å². The molecular weight excluding hydrogens is 478 g/mol. The van der Waals surface area contributed by atoms with Gasteiger partial charge < -0.3 is 14.6 Å². The molecule has 1 unspecified atom stereocenters. The van der Waals surface area contributed by atoms with Crippen molar-refractivity contribution in [3.05, 3.63) is 54.1 Å². The first kappa shape index (κ1) is 20.2. The van der Waals surface area contributed by atoms with Gasteiger partial charge in [-0.05, 0) is 42.7 Å². The molecule has 5 nitrogen and oxygen atoms in total. The Bertz CT molecular complexity index is 780. The minimum absolute atomic E-state index is 0.0172. The maximum Gasteiger partial charge on any atom is 0.255 e. The van der Waals surface area contributed by atoms with Crippen LogP contribution in [0.1, 0.15) is 36.1 Å². The van der Waals surface area contributed by atoms with E-state index in [1.54, 1.807) is 24.3 Å². The number of phenols is 1. The van der Waals surface area contributed by atoms with E-state index in [0.29, 0.717) is 17.5 Å². The van der Waals surface area contributed by atoms with Gasteiger partial charge in [-0.15, -0.1) is 0 Å². The number of aromatic hydroxyl groups is 1. The summed E-state index contributed by atoms with van der Waals surface area (Å²) in [6.07, 6.45) is 4.91. The first-order valence-electron chi connectivity index (χ1n) is 8.82. The van der Waals surface area contributed by atoms with Gasteiger partial charge >= 0.3 is 0 Å². The summed E-state index contributed by atoms with van der Waals surface area (Å²) in [5.74, 6) is 0.394. The summed E-state index contributed by atoms with van der Waals surface area (Å²) < 4.78 is 12.7. The Balaban J connectivity index is 1.62. The molecule has 1 fully saturated rings. The molecule has 0 aliphatic heterocycles. The third-order valence-electron chi connectivity index (χ3n) is 4.49. The van der Waals surface area contributed by atoms with Crippen molar-refractivity contribution >= 4 is 43.7 Å². The average Bonchev–Trinajstić information content (AvgIpc) is 3.20. The first-order chi connectivity index (χ1) is 13.1. The number of hydrogen-bond donors (Lipinski definition) is 1. The Morgan fingerprint density at radius 1 is 1.19 bits per heavy atom. The molecule has 0 aromatic heterocycles. The van der Waals surface area contributed by atoms with Gasteiger partial charge in [0.2, 0.25) is 0 Å². The van der Waals surface area contributed by atoms with Gasteiger partial charge in [-0.25, -0.2) is 3.93 Å². The standard InChI is InChI=1S/C20H21Br2NO4/c21-19(20(25)23(22)17-10-3-4-11-18(17)24)14-6-5-9-16(12-14)27-13-26-15-7-1-2-8-15/h3-6,9-12,15,19,24H,1-2,7-8,13H2. The normalized spacial score (nSPS) is 15.5. The molecule has 144 valence electrons. The summed E-state index contributed by atoms with van der Waals surface area (Å²) in [5.41, 5.74) is 1.13. The summed E-state index contributed by atoms with van der Waals surface area (Å²) >= 11 is 6.68. The lowest BCUT2D eigenvalue weighted by molar-refractivity contribution is -0.116. The lowest BCUT2D eigenvalue weighted by Crippen LogP contribution is -2.24. The van der Waals surface area contributed by atoms with E-state index in [4.69, 9.17) is 9.47 Å². The van der Waals surface area contributed by atoms with Gasteiger partial charge in [0.25, 0.3) is 5.91 Å². The Morgan fingerprint density at radius 2 is 1.93 bits per heavy atom. The third-order valence-corrected chi connectivity index (χ3v) is 6.14. The van der Waals surface area contributed by atoms with E-state index in [9.17, 15) is 9.90 Å². The molecule has 7 heteroatoms. The summed E-state index contributed by atoms with van der Waals surface area (Å²) in [6.45, 7) is 0.206. The van der Waals surface area contributed by atoms with Gasteiger partial charge in [0.1, 0.15) is 16.3 Å². The number of benzene rings is 2. The van der Waals surface area contributed by atoms with E-state index in [0.717, 1.165) is 18.4 Å². The van der Waals surface area contributed by atoms with Gasteiger partial charge in [-0.3, -0.25) is 4.79 Å². The number of hydrogen-bond acceptors (Lipinski definition) is 4. The predicted octanol–water partition coefficient (Wildman–Crippen LogP) is 5.47. The molecule has 1 aliphatic carbocycles.